The highest BCUT2D eigenvalue weighted by Crippen LogP contribution is 2.15. The van der Waals surface area contributed by atoms with E-state index < -0.39 is 5.97 Å². The number of thiophene rings is 1. The third-order valence-electron chi connectivity index (χ3n) is 2.16. The lowest BCUT2D eigenvalue weighted by Gasteiger charge is -2.07. The molecule has 0 fully saturated rings. The average molecular weight is 270 g/mol. The van der Waals surface area contributed by atoms with Crippen LogP contribution >= 0.6 is 11.3 Å². The van der Waals surface area contributed by atoms with Crippen molar-refractivity contribution in [1.82, 2.24) is 10.6 Å². The second-order valence-corrected chi connectivity index (χ2v) is 5.54. The first-order chi connectivity index (χ1) is 8.49. The van der Waals surface area contributed by atoms with Crippen molar-refractivity contribution in [3.8, 4) is 0 Å². The number of hydrogen-bond donors (Lipinski definition) is 3. The second kappa shape index (κ2) is 7.13. The first kappa shape index (κ1) is 14.7. The van der Waals surface area contributed by atoms with Gasteiger partial charge < -0.3 is 15.7 Å². The molecule has 0 aliphatic carbocycles. The Labute approximate surface area is 110 Å². The van der Waals surface area contributed by atoms with Gasteiger partial charge in [-0.15, -0.1) is 11.3 Å². The summed E-state index contributed by atoms with van der Waals surface area (Å²) in [6, 6.07) is 3.33. The standard InChI is InChI=1S/C12H18N2O3S/c1-8(2)5-14-11(15)7-13-6-9-3-4-10(18-9)12(16)17/h3-4,8,13H,5-7H2,1-2H3,(H,14,15)(H,16,17). The molecule has 0 spiro atoms. The van der Waals surface area contributed by atoms with Crippen LogP contribution in [0.4, 0.5) is 0 Å². The van der Waals surface area contributed by atoms with Crippen LogP contribution in [0.2, 0.25) is 0 Å². The lowest BCUT2D eigenvalue weighted by atomic mass is 10.2. The molecule has 1 rings (SSSR count). The number of carbonyl (C=O) groups excluding carboxylic acids is 1. The highest BCUT2D eigenvalue weighted by molar-refractivity contribution is 7.13. The molecule has 0 atom stereocenters. The van der Waals surface area contributed by atoms with Gasteiger partial charge in [0.1, 0.15) is 4.88 Å². The molecule has 0 radical (unpaired) electrons. The van der Waals surface area contributed by atoms with E-state index in [4.69, 9.17) is 5.11 Å². The zero-order valence-corrected chi connectivity index (χ0v) is 11.3. The summed E-state index contributed by atoms with van der Waals surface area (Å²) >= 11 is 1.22. The molecule has 1 heterocycles. The molecule has 6 heteroatoms. The summed E-state index contributed by atoms with van der Waals surface area (Å²) in [5.41, 5.74) is 0. The zero-order valence-electron chi connectivity index (χ0n) is 10.5. The molecule has 0 aromatic carbocycles. The fourth-order valence-corrected chi connectivity index (χ4v) is 2.08. The Hall–Kier alpha value is -1.40. The van der Waals surface area contributed by atoms with Gasteiger partial charge in [0.05, 0.1) is 6.54 Å². The molecule has 0 saturated carbocycles. The first-order valence-electron chi connectivity index (χ1n) is 5.78. The number of nitrogens with one attached hydrogen (secondary N) is 2. The topological polar surface area (TPSA) is 78.4 Å². The Morgan fingerprint density at radius 1 is 1.39 bits per heavy atom. The molecule has 0 saturated heterocycles. The maximum atomic E-state index is 11.4. The van der Waals surface area contributed by atoms with E-state index in [1.165, 1.54) is 11.3 Å². The molecule has 0 aliphatic rings. The van der Waals surface area contributed by atoms with Crippen LogP contribution in [0.15, 0.2) is 12.1 Å². The Kier molecular flexibility index (Phi) is 5.80. The van der Waals surface area contributed by atoms with E-state index in [2.05, 4.69) is 10.6 Å². The Morgan fingerprint density at radius 2 is 2.11 bits per heavy atom. The predicted molar refractivity (Wildman–Crippen MR) is 70.8 cm³/mol. The third kappa shape index (κ3) is 5.29. The minimum absolute atomic E-state index is 0.0429. The van der Waals surface area contributed by atoms with E-state index in [1.54, 1.807) is 12.1 Å². The van der Waals surface area contributed by atoms with Crippen molar-refractivity contribution >= 4 is 23.2 Å². The van der Waals surface area contributed by atoms with Crippen molar-refractivity contribution in [3.05, 3.63) is 21.9 Å². The molecular weight excluding hydrogens is 252 g/mol. The average Bonchev–Trinajstić information content (AvgIpc) is 2.75. The normalized spacial score (nSPS) is 10.6. The Morgan fingerprint density at radius 3 is 2.67 bits per heavy atom. The fourth-order valence-electron chi connectivity index (χ4n) is 1.27. The summed E-state index contributed by atoms with van der Waals surface area (Å²) in [6.45, 7) is 5.49. The lowest BCUT2D eigenvalue weighted by molar-refractivity contribution is -0.120. The van der Waals surface area contributed by atoms with Gasteiger partial charge in [-0.25, -0.2) is 4.79 Å². The van der Waals surface area contributed by atoms with E-state index in [9.17, 15) is 9.59 Å². The number of rotatable bonds is 7. The van der Waals surface area contributed by atoms with E-state index >= 15 is 0 Å². The van der Waals surface area contributed by atoms with Crippen LogP contribution in [0.1, 0.15) is 28.4 Å². The van der Waals surface area contributed by atoms with Gasteiger partial charge in [-0.2, -0.15) is 0 Å². The van der Waals surface area contributed by atoms with Crippen molar-refractivity contribution in [3.63, 3.8) is 0 Å². The van der Waals surface area contributed by atoms with E-state index in [1.807, 2.05) is 13.8 Å². The number of carboxylic acid groups (broad SMARTS) is 1. The Balaban J connectivity index is 2.24. The summed E-state index contributed by atoms with van der Waals surface area (Å²) in [7, 11) is 0. The van der Waals surface area contributed by atoms with Gasteiger partial charge in [-0.1, -0.05) is 13.8 Å². The summed E-state index contributed by atoms with van der Waals surface area (Å²) in [5, 5.41) is 14.5. The number of carboxylic acids is 1. The van der Waals surface area contributed by atoms with Gasteiger partial charge in [0.15, 0.2) is 0 Å². The maximum Gasteiger partial charge on any atom is 0.345 e. The summed E-state index contributed by atoms with van der Waals surface area (Å²) in [6.07, 6.45) is 0. The van der Waals surface area contributed by atoms with Crippen LogP contribution in [0, 0.1) is 5.92 Å². The van der Waals surface area contributed by atoms with Crippen LogP contribution in [0.5, 0.6) is 0 Å². The van der Waals surface area contributed by atoms with E-state index in [0.29, 0.717) is 23.9 Å². The lowest BCUT2D eigenvalue weighted by Crippen LogP contribution is -2.35. The predicted octanol–water partition coefficient (Wildman–Crippen LogP) is 1.31. The van der Waals surface area contributed by atoms with Crippen molar-refractivity contribution in [2.75, 3.05) is 13.1 Å². The van der Waals surface area contributed by atoms with Crippen LogP contribution in [0.3, 0.4) is 0 Å². The summed E-state index contributed by atoms with van der Waals surface area (Å²) < 4.78 is 0. The van der Waals surface area contributed by atoms with Crippen LogP contribution < -0.4 is 10.6 Å². The number of hydrogen-bond acceptors (Lipinski definition) is 4. The largest absolute Gasteiger partial charge is 0.477 e. The first-order valence-corrected chi connectivity index (χ1v) is 6.60. The molecular formula is C12H18N2O3S. The van der Waals surface area contributed by atoms with Crippen LogP contribution in [-0.2, 0) is 11.3 Å². The zero-order chi connectivity index (χ0) is 13.5. The molecule has 18 heavy (non-hydrogen) atoms. The SMILES string of the molecule is CC(C)CNC(=O)CNCc1ccc(C(=O)O)s1. The molecule has 0 aliphatic heterocycles. The van der Waals surface area contributed by atoms with Gasteiger partial charge in [0.2, 0.25) is 5.91 Å². The molecule has 1 aromatic heterocycles. The number of aromatic carboxylic acids is 1. The van der Waals surface area contributed by atoms with Crippen LogP contribution in [0.25, 0.3) is 0 Å². The van der Waals surface area contributed by atoms with E-state index in [-0.39, 0.29) is 12.5 Å². The second-order valence-electron chi connectivity index (χ2n) is 4.37. The van der Waals surface area contributed by atoms with Crippen molar-refractivity contribution in [1.29, 1.82) is 0 Å². The Bertz CT molecular complexity index is 415. The van der Waals surface area contributed by atoms with Gasteiger partial charge in [0.25, 0.3) is 0 Å². The summed E-state index contributed by atoms with van der Waals surface area (Å²) in [4.78, 5) is 23.3. The molecule has 100 valence electrons. The highest BCUT2D eigenvalue weighted by atomic mass is 32.1. The molecule has 3 N–H and O–H groups in total. The summed E-state index contributed by atoms with van der Waals surface area (Å²) in [5.74, 6) is -0.524. The molecule has 1 amide bonds. The van der Waals surface area contributed by atoms with Gasteiger partial charge >= 0.3 is 5.97 Å². The monoisotopic (exact) mass is 270 g/mol. The van der Waals surface area contributed by atoms with Gasteiger partial charge in [-0.05, 0) is 18.1 Å². The van der Waals surface area contributed by atoms with Crippen molar-refractivity contribution < 1.29 is 14.7 Å². The van der Waals surface area contributed by atoms with Gasteiger partial charge in [0, 0.05) is 18.0 Å². The van der Waals surface area contributed by atoms with Crippen LogP contribution in [-0.4, -0.2) is 30.1 Å². The van der Waals surface area contributed by atoms with Gasteiger partial charge in [-0.3, -0.25) is 4.79 Å². The number of amides is 1. The molecule has 5 nitrogen and oxygen atoms in total. The van der Waals surface area contributed by atoms with Crippen molar-refractivity contribution in [2.45, 2.75) is 20.4 Å². The van der Waals surface area contributed by atoms with Crippen molar-refractivity contribution in [2.24, 2.45) is 5.92 Å². The number of carbonyl (C=O) groups is 2. The minimum Gasteiger partial charge on any atom is -0.477 e. The third-order valence-corrected chi connectivity index (χ3v) is 3.24. The minimum atomic E-state index is -0.916. The molecule has 0 bridgehead atoms. The highest BCUT2D eigenvalue weighted by Gasteiger charge is 2.07. The molecule has 1 aromatic rings. The van der Waals surface area contributed by atoms with E-state index in [0.717, 1.165) is 4.88 Å². The fraction of sp³-hybridized carbons (Fsp3) is 0.500. The molecule has 0 unspecified atom stereocenters. The maximum absolute atomic E-state index is 11.4. The quantitative estimate of drug-likeness (QED) is 0.698. The smallest absolute Gasteiger partial charge is 0.345 e.